The first-order valence-electron chi connectivity index (χ1n) is 2.80. The van der Waals surface area contributed by atoms with Gasteiger partial charge in [-0.2, -0.15) is 0 Å². The first kappa shape index (κ1) is 11.6. The number of benzene rings is 1. The summed E-state index contributed by atoms with van der Waals surface area (Å²) in [6.45, 7) is 0. The van der Waals surface area contributed by atoms with Crippen molar-refractivity contribution in [2.75, 3.05) is 5.34 Å². The van der Waals surface area contributed by atoms with Gasteiger partial charge in [-0.15, -0.1) is 23.2 Å². The summed E-state index contributed by atoms with van der Waals surface area (Å²) < 4.78 is 1.24. The van der Waals surface area contributed by atoms with E-state index in [4.69, 9.17) is 33.3 Å². The fraction of sp³-hybridized carbons (Fsp3) is 0.143. The van der Waals surface area contributed by atoms with E-state index in [0.717, 1.165) is 0 Å². The molecular weight excluding hydrogens is 269 g/mol. The van der Waals surface area contributed by atoms with Gasteiger partial charge in [-0.1, -0.05) is 0 Å². The molecule has 62 valence electrons. The molecule has 0 aliphatic heterocycles. The van der Waals surface area contributed by atoms with Crippen LogP contribution >= 0.6 is 33.3 Å². The van der Waals surface area contributed by atoms with Gasteiger partial charge in [-0.3, -0.25) is 0 Å². The van der Waals surface area contributed by atoms with Crippen LogP contribution in [0.1, 0.15) is 0 Å². The van der Waals surface area contributed by atoms with Crippen LogP contribution < -0.4 is 4.46 Å². The molecule has 0 radical (unpaired) electrons. The van der Waals surface area contributed by atoms with Crippen molar-refractivity contribution in [3.05, 3.63) is 30.3 Å². The Hall–Kier alpha value is 0.609. The van der Waals surface area contributed by atoms with E-state index in [0.29, 0.717) is 0 Å². The van der Waals surface area contributed by atoms with E-state index in [9.17, 15) is 0 Å². The molecule has 0 unspecified atom stereocenters. The molecule has 0 atom stereocenters. The number of halogens is 3. The zero-order chi connectivity index (χ0) is 8.53. The molecule has 0 saturated heterocycles. The van der Waals surface area contributed by atoms with Crippen LogP contribution in [-0.4, -0.2) is 19.4 Å². The topological polar surface area (TPSA) is 0 Å². The summed E-state index contributed by atoms with van der Waals surface area (Å²) in [4.78, 5) is 0. The zero-order valence-corrected chi connectivity index (χ0v) is 9.62. The summed E-state index contributed by atoms with van der Waals surface area (Å²) >= 11 is 9.67. The van der Waals surface area contributed by atoms with Crippen molar-refractivity contribution in [3.8, 4) is 0 Å². The molecule has 0 aliphatic rings. The first-order chi connectivity index (χ1) is 5.35. The minimum atomic E-state index is 0.140. The van der Waals surface area contributed by atoms with Crippen LogP contribution in [0.15, 0.2) is 30.3 Å². The third kappa shape index (κ3) is 6.99. The predicted octanol–water partition coefficient (Wildman–Crippen LogP) is 2.59. The molecule has 1 aromatic rings. The van der Waals surface area contributed by atoms with Crippen molar-refractivity contribution in [2.45, 2.75) is 0 Å². The Morgan fingerprint density at radius 3 is 1.82 bits per heavy atom. The van der Waals surface area contributed by atoms with Gasteiger partial charge in [0, 0.05) is 0 Å². The van der Waals surface area contributed by atoms with Gasteiger partial charge in [0.2, 0.25) is 0 Å². The van der Waals surface area contributed by atoms with E-state index in [1.807, 2.05) is 30.3 Å². The maximum absolute atomic E-state index is 5.59. The van der Waals surface area contributed by atoms with Gasteiger partial charge in [0.15, 0.2) is 0 Å². The summed E-state index contributed by atoms with van der Waals surface area (Å²) in [6, 6.07) is 10.1. The van der Waals surface area contributed by atoms with Gasteiger partial charge in [-0.25, -0.2) is 0 Å². The minimum absolute atomic E-state index is 0.140. The van der Waals surface area contributed by atoms with Crippen LogP contribution in [0.5, 0.6) is 0 Å². The van der Waals surface area contributed by atoms with Gasteiger partial charge >= 0.3 is 58.9 Å². The number of alkyl halides is 2. The van der Waals surface area contributed by atoms with E-state index in [1.165, 1.54) is 4.46 Å². The zero-order valence-electron chi connectivity index (χ0n) is 5.64. The van der Waals surface area contributed by atoms with Crippen molar-refractivity contribution in [2.24, 2.45) is 0 Å². The fourth-order valence-corrected chi connectivity index (χ4v) is 1.55. The van der Waals surface area contributed by atoms with E-state index in [1.54, 1.807) is 0 Å². The molecule has 0 bridgehead atoms. The summed E-state index contributed by atoms with van der Waals surface area (Å²) in [5, 5.41) is 0.194. The maximum atomic E-state index is 5.59. The third-order valence-electron chi connectivity index (χ3n) is 0.832. The van der Waals surface area contributed by atoms with Crippen LogP contribution in [0.4, 0.5) is 0 Å². The first-order valence-corrected chi connectivity index (χ1v) is 6.98. The molecule has 0 aliphatic carbocycles. The van der Waals surface area contributed by atoms with Gasteiger partial charge in [-0.05, 0) is 0 Å². The Morgan fingerprint density at radius 1 is 1.09 bits per heavy atom. The van der Waals surface area contributed by atoms with Gasteiger partial charge in [0.1, 0.15) is 0 Å². The van der Waals surface area contributed by atoms with Crippen LogP contribution in [-0.2, 0) is 0 Å². The molecule has 1 rings (SSSR count). The molecular formula is C7H7Cl3Se. The van der Waals surface area contributed by atoms with Crippen LogP contribution in [0.25, 0.3) is 0 Å². The van der Waals surface area contributed by atoms with Crippen LogP contribution in [0.3, 0.4) is 0 Å². The Balaban J connectivity index is 0.000000292. The summed E-state index contributed by atoms with van der Waals surface area (Å²) in [7, 11) is 5.59. The molecule has 4 heteroatoms. The summed E-state index contributed by atoms with van der Waals surface area (Å²) in [5.41, 5.74) is 0. The van der Waals surface area contributed by atoms with Crippen molar-refractivity contribution in [1.29, 1.82) is 0 Å². The summed E-state index contributed by atoms with van der Waals surface area (Å²) in [5.74, 6) is 0. The third-order valence-corrected chi connectivity index (χ3v) is 2.70. The van der Waals surface area contributed by atoms with E-state index in [-0.39, 0.29) is 19.4 Å². The molecule has 0 nitrogen and oxygen atoms in total. The number of hydrogen-bond donors (Lipinski definition) is 0. The molecule has 0 aromatic heterocycles. The Labute approximate surface area is 87.2 Å². The monoisotopic (exact) mass is 276 g/mol. The van der Waals surface area contributed by atoms with Gasteiger partial charge < -0.3 is 0 Å². The molecule has 0 heterocycles. The van der Waals surface area contributed by atoms with Gasteiger partial charge in [0.05, 0.1) is 5.34 Å². The number of rotatable bonds is 1. The van der Waals surface area contributed by atoms with Crippen molar-refractivity contribution in [1.82, 2.24) is 0 Å². The van der Waals surface area contributed by atoms with Gasteiger partial charge in [0.25, 0.3) is 0 Å². The molecule has 0 N–H and O–H groups in total. The van der Waals surface area contributed by atoms with E-state index in [2.05, 4.69) is 0 Å². The van der Waals surface area contributed by atoms with E-state index >= 15 is 0 Å². The Kier molecular flexibility index (Phi) is 9.19. The van der Waals surface area contributed by atoms with Crippen LogP contribution in [0.2, 0.25) is 0 Å². The quantitative estimate of drug-likeness (QED) is 0.546. The molecule has 1 aromatic carbocycles. The van der Waals surface area contributed by atoms with Crippen molar-refractivity contribution >= 4 is 51.8 Å². The second-order valence-electron chi connectivity index (χ2n) is 1.49. The molecule has 0 amide bonds. The fourth-order valence-electron chi connectivity index (χ4n) is 0.472. The SMILES string of the molecule is ClCCl.Cl[Se]c1ccccc1. The predicted molar refractivity (Wildman–Crippen MR) is 54.3 cm³/mol. The van der Waals surface area contributed by atoms with Crippen molar-refractivity contribution < 1.29 is 0 Å². The standard InChI is InChI=1S/C6H5ClSe.CH2Cl2/c7-8-6-4-2-1-3-5-6;2-1-3/h1-5H;1H2. The molecule has 0 spiro atoms. The average Bonchev–Trinajstić information content (AvgIpc) is 2.08. The normalized spacial score (nSPS) is 8.27. The Morgan fingerprint density at radius 2 is 1.55 bits per heavy atom. The summed E-state index contributed by atoms with van der Waals surface area (Å²) in [6.07, 6.45) is 0. The molecule has 0 fully saturated rings. The second-order valence-corrected chi connectivity index (χ2v) is 4.41. The van der Waals surface area contributed by atoms with Crippen LogP contribution in [0, 0.1) is 0 Å². The molecule has 0 saturated carbocycles. The van der Waals surface area contributed by atoms with E-state index < -0.39 is 0 Å². The van der Waals surface area contributed by atoms with Crippen molar-refractivity contribution in [3.63, 3.8) is 0 Å². The second kappa shape index (κ2) is 8.70. The average molecular weight is 276 g/mol. The number of hydrogen-bond acceptors (Lipinski definition) is 0. The molecule has 11 heavy (non-hydrogen) atoms. The Bertz CT molecular complexity index is 167.